The Bertz CT molecular complexity index is 1090. The number of carbonyl (C=O) groups is 2. The summed E-state index contributed by atoms with van der Waals surface area (Å²) in [6, 6.07) is 26.9. The van der Waals surface area contributed by atoms with Crippen LogP contribution in [0.25, 0.3) is 5.57 Å². The van der Waals surface area contributed by atoms with Crippen LogP contribution in [0.3, 0.4) is 0 Å². The number of hydrogen-bond acceptors (Lipinski definition) is 2. The van der Waals surface area contributed by atoms with Crippen molar-refractivity contribution < 1.29 is 9.59 Å². The minimum absolute atomic E-state index is 0.0146. The summed E-state index contributed by atoms with van der Waals surface area (Å²) in [6.45, 7) is 0. The van der Waals surface area contributed by atoms with Gasteiger partial charge in [0.25, 0.3) is 5.91 Å². The molecular weight excluding hydrogens is 334 g/mol. The number of carbonyl (C=O) groups excluding carboxylic acids is 2. The van der Waals surface area contributed by atoms with Crippen molar-refractivity contribution in [3.8, 4) is 0 Å². The molecule has 0 radical (unpaired) electrons. The summed E-state index contributed by atoms with van der Waals surface area (Å²) in [7, 11) is 0. The van der Waals surface area contributed by atoms with E-state index < -0.39 is 5.54 Å². The Morgan fingerprint density at radius 1 is 0.741 bits per heavy atom. The summed E-state index contributed by atoms with van der Waals surface area (Å²) < 4.78 is 0. The van der Waals surface area contributed by atoms with Crippen molar-refractivity contribution in [2.24, 2.45) is 0 Å². The molecule has 0 spiro atoms. The van der Waals surface area contributed by atoms with Crippen molar-refractivity contribution in [2.45, 2.75) is 12.0 Å². The molecule has 5 rings (SSSR count). The van der Waals surface area contributed by atoms with E-state index in [-0.39, 0.29) is 11.7 Å². The van der Waals surface area contributed by atoms with Gasteiger partial charge in [0.05, 0.1) is 5.69 Å². The number of hydrogen-bond donors (Lipinski definition) is 0. The van der Waals surface area contributed by atoms with Crippen LogP contribution in [0, 0.1) is 0 Å². The smallest absolute Gasteiger partial charge is 0.252 e. The first-order valence-electron chi connectivity index (χ1n) is 9.01. The molecule has 1 atom stereocenters. The second kappa shape index (κ2) is 5.78. The Morgan fingerprint density at radius 2 is 1.37 bits per heavy atom. The summed E-state index contributed by atoms with van der Waals surface area (Å²) in [6.07, 6.45) is 2.13. The van der Waals surface area contributed by atoms with Crippen molar-refractivity contribution in [3.63, 3.8) is 0 Å². The van der Waals surface area contributed by atoms with Gasteiger partial charge in [0.2, 0.25) is 0 Å². The van der Waals surface area contributed by atoms with Gasteiger partial charge >= 0.3 is 0 Å². The van der Waals surface area contributed by atoms with Crippen LogP contribution >= 0.6 is 0 Å². The molecule has 2 aliphatic rings. The van der Waals surface area contributed by atoms with Gasteiger partial charge < -0.3 is 0 Å². The first-order chi connectivity index (χ1) is 13.2. The van der Waals surface area contributed by atoms with Gasteiger partial charge in [-0.1, -0.05) is 72.8 Å². The van der Waals surface area contributed by atoms with Gasteiger partial charge in [0, 0.05) is 18.1 Å². The van der Waals surface area contributed by atoms with Gasteiger partial charge in [0.15, 0.2) is 5.78 Å². The number of fused-ring (bicyclic) bond motifs is 3. The van der Waals surface area contributed by atoms with Gasteiger partial charge in [-0.25, -0.2) is 0 Å². The summed E-state index contributed by atoms with van der Waals surface area (Å²) in [5.74, 6) is -0.165. The third-order valence-corrected chi connectivity index (χ3v) is 5.51. The van der Waals surface area contributed by atoms with Crippen molar-refractivity contribution in [3.05, 3.63) is 108 Å². The topological polar surface area (TPSA) is 37.4 Å². The highest BCUT2D eigenvalue weighted by Crippen LogP contribution is 2.51. The predicted molar refractivity (Wildman–Crippen MR) is 105 cm³/mol. The van der Waals surface area contributed by atoms with Gasteiger partial charge in [-0.05, 0) is 28.8 Å². The van der Waals surface area contributed by atoms with Crippen molar-refractivity contribution in [2.75, 3.05) is 4.90 Å². The fourth-order valence-corrected chi connectivity index (χ4v) is 4.31. The molecule has 3 heteroatoms. The fraction of sp³-hybridized carbons (Fsp3) is 0.0833. The minimum atomic E-state index is -1.03. The third kappa shape index (κ3) is 2.15. The SMILES string of the molecule is O=C1C=C(c2ccccc2)C[C@]2(c3ccccc3)C(=O)c3ccccc3N12. The Morgan fingerprint density at radius 3 is 2.11 bits per heavy atom. The van der Waals surface area contributed by atoms with Crippen LogP contribution in [-0.4, -0.2) is 11.7 Å². The highest BCUT2D eigenvalue weighted by Gasteiger charge is 2.56. The van der Waals surface area contributed by atoms with Crippen LogP contribution < -0.4 is 4.90 Å². The quantitative estimate of drug-likeness (QED) is 0.677. The maximum Gasteiger partial charge on any atom is 0.252 e. The molecule has 2 aliphatic heterocycles. The highest BCUT2D eigenvalue weighted by atomic mass is 16.2. The van der Waals surface area contributed by atoms with Crippen LogP contribution in [0.4, 0.5) is 5.69 Å². The van der Waals surface area contributed by atoms with Crippen molar-refractivity contribution >= 4 is 23.0 Å². The van der Waals surface area contributed by atoms with E-state index in [9.17, 15) is 9.59 Å². The first kappa shape index (κ1) is 15.8. The van der Waals surface area contributed by atoms with E-state index in [4.69, 9.17) is 0 Å². The average Bonchev–Trinajstić information content (AvgIpc) is 3.00. The maximum absolute atomic E-state index is 13.7. The largest absolute Gasteiger partial charge is 0.291 e. The number of benzene rings is 3. The molecular formula is C24H17NO2. The lowest BCUT2D eigenvalue weighted by atomic mass is 9.76. The van der Waals surface area contributed by atoms with Crippen molar-refractivity contribution in [1.29, 1.82) is 0 Å². The zero-order chi connectivity index (χ0) is 18.4. The number of para-hydroxylation sites is 1. The van der Waals surface area contributed by atoms with Gasteiger partial charge in [-0.15, -0.1) is 0 Å². The Kier molecular flexibility index (Phi) is 3.37. The van der Waals surface area contributed by atoms with E-state index in [2.05, 4.69) is 0 Å². The standard InChI is InChI=1S/C24H17NO2/c26-22-15-18(17-9-3-1-4-10-17)16-24(19-11-5-2-6-12-19)23(27)20-13-7-8-14-21(20)25(22)24/h1-15H,16H2/t24-/m0/s1. The molecule has 3 aromatic carbocycles. The van der Waals surface area contributed by atoms with E-state index in [0.717, 1.165) is 16.7 Å². The van der Waals surface area contributed by atoms with Crippen LogP contribution in [-0.2, 0) is 10.3 Å². The lowest BCUT2D eigenvalue weighted by Crippen LogP contribution is -2.52. The van der Waals surface area contributed by atoms with Crippen molar-refractivity contribution in [1.82, 2.24) is 0 Å². The summed E-state index contributed by atoms with van der Waals surface area (Å²) in [4.78, 5) is 28.6. The van der Waals surface area contributed by atoms with Gasteiger partial charge in [0.1, 0.15) is 5.54 Å². The molecule has 3 aromatic rings. The molecule has 0 bridgehead atoms. The van der Waals surface area contributed by atoms with E-state index in [0.29, 0.717) is 17.7 Å². The van der Waals surface area contributed by atoms with Gasteiger partial charge in [-0.3, -0.25) is 14.5 Å². The lowest BCUT2D eigenvalue weighted by Gasteiger charge is -2.41. The molecule has 0 aliphatic carbocycles. The predicted octanol–water partition coefficient (Wildman–Crippen LogP) is 4.60. The second-order valence-corrected chi connectivity index (χ2v) is 6.96. The van der Waals surface area contributed by atoms with E-state index in [1.165, 1.54) is 0 Å². The third-order valence-electron chi connectivity index (χ3n) is 5.51. The monoisotopic (exact) mass is 351 g/mol. The summed E-state index contributed by atoms with van der Waals surface area (Å²) in [5.41, 5.74) is 2.99. The molecule has 0 N–H and O–H groups in total. The first-order valence-corrected chi connectivity index (χ1v) is 9.01. The summed E-state index contributed by atoms with van der Waals surface area (Å²) >= 11 is 0. The molecule has 1 amide bonds. The van der Waals surface area contributed by atoms with E-state index in [1.807, 2.05) is 84.9 Å². The molecule has 130 valence electrons. The Hall–Kier alpha value is -3.46. The number of nitrogens with zero attached hydrogens (tertiary/aromatic N) is 1. The maximum atomic E-state index is 13.7. The molecule has 0 fully saturated rings. The zero-order valence-corrected chi connectivity index (χ0v) is 14.6. The molecule has 0 unspecified atom stereocenters. The zero-order valence-electron chi connectivity index (χ0n) is 14.6. The number of rotatable bonds is 2. The van der Waals surface area contributed by atoms with Crippen LogP contribution in [0.1, 0.15) is 27.9 Å². The van der Waals surface area contributed by atoms with Gasteiger partial charge in [-0.2, -0.15) is 0 Å². The lowest BCUT2D eigenvalue weighted by molar-refractivity contribution is -0.115. The Balaban J connectivity index is 1.77. The van der Waals surface area contributed by atoms with E-state index in [1.54, 1.807) is 11.0 Å². The Labute approximate surface area is 157 Å². The molecule has 3 nitrogen and oxygen atoms in total. The fourth-order valence-electron chi connectivity index (χ4n) is 4.31. The van der Waals surface area contributed by atoms with E-state index >= 15 is 0 Å². The molecule has 0 aromatic heterocycles. The number of ketones is 1. The number of amides is 1. The van der Waals surface area contributed by atoms with Crippen LogP contribution in [0.15, 0.2) is 91.0 Å². The molecule has 27 heavy (non-hydrogen) atoms. The second-order valence-electron chi connectivity index (χ2n) is 6.96. The minimum Gasteiger partial charge on any atom is -0.291 e. The molecule has 0 saturated heterocycles. The average molecular weight is 351 g/mol. The highest BCUT2D eigenvalue weighted by molar-refractivity contribution is 6.25. The molecule has 0 saturated carbocycles. The normalized spacial score (nSPS) is 20.9. The summed E-state index contributed by atoms with van der Waals surface area (Å²) in [5, 5.41) is 0. The van der Waals surface area contributed by atoms with Crippen LogP contribution in [0.5, 0.6) is 0 Å². The number of Topliss-reactive ketones (excluding diaryl/α,β-unsaturated/α-hetero) is 1. The number of anilines is 1. The molecule has 2 heterocycles. The van der Waals surface area contributed by atoms with Crippen LogP contribution in [0.2, 0.25) is 0 Å².